The van der Waals surface area contributed by atoms with Crippen LogP contribution in [0.2, 0.25) is 0 Å². The van der Waals surface area contributed by atoms with Gasteiger partial charge >= 0.3 is 5.69 Å². The smallest absolute Gasteiger partial charge is 0.349 e. The van der Waals surface area contributed by atoms with Crippen molar-refractivity contribution in [3.8, 4) is 0 Å². The second-order valence-electron chi connectivity index (χ2n) is 3.76. The summed E-state index contributed by atoms with van der Waals surface area (Å²) in [5, 5.41) is 0.799. The number of para-hydroxylation sites is 1. The SMILES string of the molecule is NNCCCn1c(N)c2ccccc2nc1=O. The van der Waals surface area contributed by atoms with Crippen molar-refractivity contribution in [1.29, 1.82) is 0 Å². The summed E-state index contributed by atoms with van der Waals surface area (Å²) in [6.45, 7) is 1.13. The van der Waals surface area contributed by atoms with Gasteiger partial charge < -0.3 is 5.73 Å². The third kappa shape index (κ3) is 2.27. The summed E-state index contributed by atoms with van der Waals surface area (Å²) >= 11 is 0. The molecule has 0 spiro atoms. The molecule has 0 aliphatic carbocycles. The first kappa shape index (κ1) is 11.6. The molecule has 0 atom stereocenters. The van der Waals surface area contributed by atoms with E-state index in [2.05, 4.69) is 10.4 Å². The highest BCUT2D eigenvalue weighted by Crippen LogP contribution is 2.16. The van der Waals surface area contributed by atoms with Crippen LogP contribution in [0, 0.1) is 0 Å². The molecule has 2 aromatic rings. The first-order chi connectivity index (χ1) is 8.24. The molecule has 0 saturated carbocycles. The number of nitrogens with one attached hydrogen (secondary N) is 1. The van der Waals surface area contributed by atoms with Crippen molar-refractivity contribution < 1.29 is 0 Å². The zero-order chi connectivity index (χ0) is 12.3. The lowest BCUT2D eigenvalue weighted by Gasteiger charge is -2.10. The van der Waals surface area contributed by atoms with Gasteiger partial charge in [0.2, 0.25) is 0 Å². The van der Waals surface area contributed by atoms with Gasteiger partial charge in [0.1, 0.15) is 5.82 Å². The maximum Gasteiger partial charge on any atom is 0.349 e. The summed E-state index contributed by atoms with van der Waals surface area (Å²) in [6, 6.07) is 7.33. The lowest BCUT2D eigenvalue weighted by molar-refractivity contribution is 0.581. The van der Waals surface area contributed by atoms with Crippen molar-refractivity contribution in [3.05, 3.63) is 34.7 Å². The Morgan fingerprint density at radius 2 is 2.12 bits per heavy atom. The van der Waals surface area contributed by atoms with Crippen LogP contribution in [0.1, 0.15) is 6.42 Å². The van der Waals surface area contributed by atoms with Gasteiger partial charge in [0.15, 0.2) is 0 Å². The van der Waals surface area contributed by atoms with Crippen molar-refractivity contribution in [1.82, 2.24) is 15.0 Å². The quantitative estimate of drug-likeness (QED) is 0.387. The molecule has 2 rings (SSSR count). The van der Waals surface area contributed by atoms with Crippen molar-refractivity contribution in [2.75, 3.05) is 12.3 Å². The fourth-order valence-corrected chi connectivity index (χ4v) is 1.75. The second kappa shape index (κ2) is 4.94. The van der Waals surface area contributed by atoms with E-state index in [0.717, 1.165) is 11.8 Å². The van der Waals surface area contributed by atoms with Gasteiger partial charge in [-0.2, -0.15) is 4.98 Å². The van der Waals surface area contributed by atoms with Crippen LogP contribution in [-0.4, -0.2) is 16.1 Å². The number of hydrogen-bond acceptors (Lipinski definition) is 5. The third-order valence-electron chi connectivity index (χ3n) is 2.62. The molecule has 0 radical (unpaired) electrons. The summed E-state index contributed by atoms with van der Waals surface area (Å²) in [5.74, 6) is 5.63. The van der Waals surface area contributed by atoms with Crippen molar-refractivity contribution >= 4 is 16.7 Å². The number of nitrogens with two attached hydrogens (primary N) is 2. The van der Waals surface area contributed by atoms with Crippen LogP contribution in [0.3, 0.4) is 0 Å². The average molecular weight is 233 g/mol. The van der Waals surface area contributed by atoms with Gasteiger partial charge in [-0.1, -0.05) is 12.1 Å². The Labute approximate surface area is 98.2 Å². The summed E-state index contributed by atoms with van der Waals surface area (Å²) in [5.41, 5.74) is 8.82. The van der Waals surface area contributed by atoms with Gasteiger partial charge in [-0.15, -0.1) is 0 Å². The Kier molecular flexibility index (Phi) is 3.36. The fraction of sp³-hybridized carbons (Fsp3) is 0.273. The van der Waals surface area contributed by atoms with E-state index in [1.54, 1.807) is 6.07 Å². The number of fused-ring (bicyclic) bond motifs is 1. The predicted octanol–water partition coefficient (Wildman–Crippen LogP) is -0.168. The lowest BCUT2D eigenvalue weighted by atomic mass is 10.2. The van der Waals surface area contributed by atoms with Crippen molar-refractivity contribution in [3.63, 3.8) is 0 Å². The number of rotatable bonds is 4. The zero-order valence-corrected chi connectivity index (χ0v) is 9.39. The Balaban J connectivity index is 2.45. The molecule has 0 aliphatic heterocycles. The van der Waals surface area contributed by atoms with Gasteiger partial charge in [0, 0.05) is 18.5 Å². The molecule has 6 heteroatoms. The zero-order valence-electron chi connectivity index (χ0n) is 9.39. The Bertz CT molecular complexity index is 578. The second-order valence-corrected chi connectivity index (χ2v) is 3.76. The van der Waals surface area contributed by atoms with E-state index in [4.69, 9.17) is 11.6 Å². The van der Waals surface area contributed by atoms with Crippen molar-refractivity contribution in [2.24, 2.45) is 5.84 Å². The van der Waals surface area contributed by atoms with Gasteiger partial charge in [-0.25, -0.2) is 4.79 Å². The third-order valence-corrected chi connectivity index (χ3v) is 2.62. The molecule has 0 fully saturated rings. The average Bonchev–Trinajstić information content (AvgIpc) is 2.33. The molecular weight excluding hydrogens is 218 g/mol. The van der Waals surface area contributed by atoms with Crippen LogP contribution in [0.4, 0.5) is 5.82 Å². The normalized spacial score (nSPS) is 10.9. The molecule has 1 heterocycles. The standard InChI is InChI=1S/C11H15N5O/c12-10-8-4-1-2-5-9(8)15-11(17)16(10)7-3-6-14-13/h1-2,4-5,14H,3,6-7,12-13H2. The van der Waals surface area contributed by atoms with E-state index in [1.807, 2.05) is 18.2 Å². The molecular formula is C11H15N5O. The van der Waals surface area contributed by atoms with E-state index < -0.39 is 0 Å². The Morgan fingerprint density at radius 3 is 2.88 bits per heavy atom. The minimum absolute atomic E-state index is 0.321. The van der Waals surface area contributed by atoms with Gasteiger partial charge in [0.05, 0.1) is 5.52 Å². The van der Waals surface area contributed by atoms with Gasteiger partial charge in [-0.3, -0.25) is 15.8 Å². The van der Waals surface area contributed by atoms with E-state index in [-0.39, 0.29) is 5.69 Å². The van der Waals surface area contributed by atoms with Crippen molar-refractivity contribution in [2.45, 2.75) is 13.0 Å². The molecule has 5 N–H and O–H groups in total. The number of nitrogens with zero attached hydrogens (tertiary/aromatic N) is 2. The maximum atomic E-state index is 11.8. The van der Waals surface area contributed by atoms with Crippen LogP contribution in [0.15, 0.2) is 29.1 Å². The first-order valence-electron chi connectivity index (χ1n) is 5.42. The number of hydrogen-bond donors (Lipinski definition) is 3. The van der Waals surface area contributed by atoms with E-state index in [9.17, 15) is 4.79 Å². The Hall–Kier alpha value is -1.92. The minimum atomic E-state index is -0.321. The van der Waals surface area contributed by atoms with E-state index in [0.29, 0.717) is 24.4 Å². The van der Waals surface area contributed by atoms with Crippen LogP contribution < -0.4 is 22.7 Å². The Morgan fingerprint density at radius 1 is 1.35 bits per heavy atom. The minimum Gasteiger partial charge on any atom is -0.384 e. The molecule has 90 valence electrons. The molecule has 0 amide bonds. The fourth-order valence-electron chi connectivity index (χ4n) is 1.75. The number of hydrazine groups is 1. The van der Waals surface area contributed by atoms with E-state index >= 15 is 0 Å². The van der Waals surface area contributed by atoms with Crippen LogP contribution in [-0.2, 0) is 6.54 Å². The van der Waals surface area contributed by atoms with Crippen LogP contribution in [0.25, 0.3) is 10.9 Å². The first-order valence-corrected chi connectivity index (χ1v) is 5.42. The number of aromatic nitrogens is 2. The van der Waals surface area contributed by atoms with Crippen LogP contribution in [0.5, 0.6) is 0 Å². The predicted molar refractivity (Wildman–Crippen MR) is 67.2 cm³/mol. The number of anilines is 1. The molecule has 17 heavy (non-hydrogen) atoms. The highest BCUT2D eigenvalue weighted by molar-refractivity contribution is 5.87. The monoisotopic (exact) mass is 233 g/mol. The highest BCUT2D eigenvalue weighted by atomic mass is 16.1. The molecule has 0 unspecified atom stereocenters. The van der Waals surface area contributed by atoms with Crippen LogP contribution >= 0.6 is 0 Å². The largest absolute Gasteiger partial charge is 0.384 e. The molecule has 1 aromatic heterocycles. The summed E-state index contributed by atoms with van der Waals surface area (Å²) in [6.07, 6.45) is 0.723. The highest BCUT2D eigenvalue weighted by Gasteiger charge is 2.07. The summed E-state index contributed by atoms with van der Waals surface area (Å²) in [4.78, 5) is 15.8. The molecule has 0 saturated heterocycles. The van der Waals surface area contributed by atoms with Gasteiger partial charge in [-0.05, 0) is 18.6 Å². The molecule has 0 aliphatic rings. The summed E-state index contributed by atoms with van der Waals surface area (Å²) in [7, 11) is 0. The summed E-state index contributed by atoms with van der Waals surface area (Å²) < 4.78 is 1.47. The number of benzene rings is 1. The van der Waals surface area contributed by atoms with E-state index in [1.165, 1.54) is 4.57 Å². The lowest BCUT2D eigenvalue weighted by Crippen LogP contribution is -2.29. The maximum absolute atomic E-state index is 11.8. The number of nitrogen functional groups attached to an aromatic ring is 1. The molecule has 0 bridgehead atoms. The topological polar surface area (TPSA) is 99.0 Å². The molecule has 1 aromatic carbocycles. The van der Waals surface area contributed by atoms with Gasteiger partial charge in [0.25, 0.3) is 0 Å². The molecule has 6 nitrogen and oxygen atoms in total.